The largest absolute Gasteiger partial charge is 0.493 e. The van der Waals surface area contributed by atoms with Crippen molar-refractivity contribution in [3.63, 3.8) is 0 Å². The number of anilines is 1. The molecule has 0 radical (unpaired) electrons. The van der Waals surface area contributed by atoms with Gasteiger partial charge in [-0.15, -0.1) is 0 Å². The molecule has 1 unspecified atom stereocenters. The zero-order valence-corrected chi connectivity index (χ0v) is 19.1. The van der Waals surface area contributed by atoms with E-state index in [-0.39, 0.29) is 5.69 Å². The number of nitro groups is 1. The number of nitro benzene ring substituents is 1. The summed E-state index contributed by atoms with van der Waals surface area (Å²) in [5.41, 5.74) is 3.01. The Morgan fingerprint density at radius 2 is 1.88 bits per heavy atom. The normalized spacial score (nSPS) is 19.2. The molecule has 0 saturated carbocycles. The van der Waals surface area contributed by atoms with Crippen LogP contribution in [0, 0.1) is 21.4 Å². The van der Waals surface area contributed by atoms with Crippen LogP contribution in [0.15, 0.2) is 66.7 Å². The molecule has 0 bridgehead atoms. The molecule has 1 atom stereocenters. The lowest BCUT2D eigenvalue weighted by molar-refractivity contribution is -0.385. The Morgan fingerprint density at radius 1 is 1.15 bits per heavy atom. The van der Waals surface area contributed by atoms with Crippen molar-refractivity contribution in [3.8, 4) is 17.6 Å². The van der Waals surface area contributed by atoms with Crippen LogP contribution in [0.5, 0.6) is 11.5 Å². The van der Waals surface area contributed by atoms with Gasteiger partial charge < -0.3 is 14.4 Å². The topological polar surface area (TPSA) is 88.6 Å². The summed E-state index contributed by atoms with van der Waals surface area (Å²) in [6.45, 7) is 4.82. The van der Waals surface area contributed by atoms with Gasteiger partial charge in [-0.05, 0) is 55.3 Å². The van der Waals surface area contributed by atoms with Crippen molar-refractivity contribution in [2.75, 3.05) is 12.0 Å². The second kappa shape index (κ2) is 7.63. The van der Waals surface area contributed by atoms with E-state index in [1.165, 1.54) is 19.2 Å². The maximum absolute atomic E-state index is 11.4. The molecule has 3 aromatic rings. The summed E-state index contributed by atoms with van der Waals surface area (Å²) in [6, 6.07) is 20.8. The maximum atomic E-state index is 11.4. The van der Waals surface area contributed by atoms with Crippen molar-refractivity contribution in [3.05, 3.63) is 99.1 Å². The SMILES string of the molecule is COc1cc([N+](=O)[O-])cc2c1OC1(C=C2)N(Cc2ccc(C#N)cc2)c2ccccc2C1(C)C. The van der Waals surface area contributed by atoms with Crippen molar-refractivity contribution >= 4 is 17.5 Å². The molecule has 0 aliphatic carbocycles. The molecular formula is C27H23N3O4. The van der Waals surface area contributed by atoms with Crippen molar-refractivity contribution < 1.29 is 14.4 Å². The van der Waals surface area contributed by atoms with Crippen LogP contribution < -0.4 is 14.4 Å². The molecule has 0 saturated heterocycles. The number of hydrogen-bond donors (Lipinski definition) is 0. The first-order valence-electron chi connectivity index (χ1n) is 10.9. The van der Waals surface area contributed by atoms with E-state index in [2.05, 4.69) is 36.9 Å². The van der Waals surface area contributed by atoms with Crippen LogP contribution in [0.1, 0.15) is 36.1 Å². The third kappa shape index (κ3) is 3.03. The van der Waals surface area contributed by atoms with Gasteiger partial charge in [-0.3, -0.25) is 10.1 Å². The van der Waals surface area contributed by atoms with Crippen LogP contribution in [-0.2, 0) is 12.0 Å². The highest BCUT2D eigenvalue weighted by Crippen LogP contribution is 2.56. The summed E-state index contributed by atoms with van der Waals surface area (Å²) < 4.78 is 12.3. The minimum Gasteiger partial charge on any atom is -0.493 e. The number of nitrogens with zero attached hydrogens (tertiary/aromatic N) is 3. The average Bonchev–Trinajstić information content (AvgIpc) is 3.02. The van der Waals surface area contributed by atoms with Gasteiger partial charge in [0.25, 0.3) is 5.69 Å². The Kier molecular flexibility index (Phi) is 4.83. The highest BCUT2D eigenvalue weighted by Gasteiger charge is 2.59. The molecule has 5 rings (SSSR count). The van der Waals surface area contributed by atoms with Crippen molar-refractivity contribution in [2.24, 2.45) is 0 Å². The number of ether oxygens (including phenoxy) is 2. The number of benzene rings is 3. The molecule has 2 heterocycles. The molecule has 0 N–H and O–H groups in total. The molecular weight excluding hydrogens is 430 g/mol. The summed E-state index contributed by atoms with van der Waals surface area (Å²) in [7, 11) is 1.48. The Balaban J connectivity index is 1.66. The van der Waals surface area contributed by atoms with Gasteiger partial charge in [0.05, 0.1) is 35.1 Å². The quantitative estimate of drug-likeness (QED) is 0.379. The number of para-hydroxylation sites is 1. The van der Waals surface area contributed by atoms with E-state index >= 15 is 0 Å². The van der Waals surface area contributed by atoms with E-state index in [0.29, 0.717) is 29.2 Å². The van der Waals surface area contributed by atoms with Crippen molar-refractivity contribution in [2.45, 2.75) is 31.5 Å². The highest BCUT2D eigenvalue weighted by molar-refractivity contribution is 5.75. The Hall–Kier alpha value is -4.31. The zero-order chi connectivity index (χ0) is 24.1. The number of non-ortho nitro benzene ring substituents is 1. The van der Waals surface area contributed by atoms with Crippen LogP contribution in [0.3, 0.4) is 0 Å². The van der Waals surface area contributed by atoms with Gasteiger partial charge in [0.1, 0.15) is 0 Å². The highest BCUT2D eigenvalue weighted by atomic mass is 16.6. The fourth-order valence-corrected chi connectivity index (χ4v) is 4.99. The molecule has 2 aliphatic heterocycles. The van der Waals surface area contributed by atoms with Gasteiger partial charge in [-0.25, -0.2) is 0 Å². The van der Waals surface area contributed by atoms with E-state index in [9.17, 15) is 10.1 Å². The molecule has 1 spiro atoms. The molecule has 3 aromatic carbocycles. The van der Waals surface area contributed by atoms with Gasteiger partial charge in [0.2, 0.25) is 5.72 Å². The van der Waals surface area contributed by atoms with Crippen LogP contribution >= 0.6 is 0 Å². The second-order valence-electron chi connectivity index (χ2n) is 8.99. The van der Waals surface area contributed by atoms with Crippen molar-refractivity contribution in [1.29, 1.82) is 5.26 Å². The van der Waals surface area contributed by atoms with E-state index in [1.807, 2.05) is 48.6 Å². The van der Waals surface area contributed by atoms with Gasteiger partial charge in [-0.2, -0.15) is 5.26 Å². The number of fused-ring (bicyclic) bond motifs is 2. The van der Waals surface area contributed by atoms with E-state index in [4.69, 9.17) is 14.7 Å². The van der Waals surface area contributed by atoms with E-state index < -0.39 is 16.1 Å². The van der Waals surface area contributed by atoms with Crippen molar-refractivity contribution in [1.82, 2.24) is 0 Å². The summed E-state index contributed by atoms with van der Waals surface area (Å²) in [4.78, 5) is 13.2. The van der Waals surface area contributed by atoms with Gasteiger partial charge in [-0.1, -0.05) is 30.3 Å². The molecule has 0 aromatic heterocycles. The summed E-state index contributed by atoms with van der Waals surface area (Å²) >= 11 is 0. The van der Waals surface area contributed by atoms with Gasteiger partial charge in [0, 0.05) is 23.9 Å². The third-order valence-corrected chi connectivity index (χ3v) is 6.83. The summed E-state index contributed by atoms with van der Waals surface area (Å²) in [5, 5.41) is 20.6. The lowest BCUT2D eigenvalue weighted by atomic mass is 9.76. The standard InChI is InChI=1S/C27H23N3O4/c1-26(2)22-6-4-5-7-23(22)29(17-19-10-8-18(16-28)9-11-19)27(26)13-12-20-14-21(30(31)32)15-24(33-3)25(20)34-27/h4-15H,17H2,1-3H3. The number of hydrogen-bond acceptors (Lipinski definition) is 6. The molecule has 0 amide bonds. The number of methoxy groups -OCH3 is 1. The van der Waals surface area contributed by atoms with Crippen LogP contribution in [-0.4, -0.2) is 17.8 Å². The lowest BCUT2D eigenvalue weighted by Gasteiger charge is -2.47. The monoisotopic (exact) mass is 453 g/mol. The van der Waals surface area contributed by atoms with E-state index in [1.54, 1.807) is 0 Å². The minimum absolute atomic E-state index is 0.0526. The Bertz CT molecular complexity index is 1370. The number of nitriles is 1. The molecule has 34 heavy (non-hydrogen) atoms. The maximum Gasteiger partial charge on any atom is 0.274 e. The first kappa shape index (κ1) is 21.5. The number of rotatable bonds is 4. The van der Waals surface area contributed by atoms with Gasteiger partial charge >= 0.3 is 0 Å². The predicted molar refractivity (Wildman–Crippen MR) is 129 cm³/mol. The molecule has 170 valence electrons. The smallest absolute Gasteiger partial charge is 0.274 e. The Labute approximate surface area is 197 Å². The lowest BCUT2D eigenvalue weighted by Crippen LogP contribution is -2.59. The zero-order valence-electron chi connectivity index (χ0n) is 19.1. The fourth-order valence-electron chi connectivity index (χ4n) is 4.99. The Morgan fingerprint density at radius 3 is 2.56 bits per heavy atom. The second-order valence-corrected chi connectivity index (χ2v) is 8.99. The molecule has 7 nitrogen and oxygen atoms in total. The average molecular weight is 453 g/mol. The molecule has 2 aliphatic rings. The van der Waals surface area contributed by atoms with Crippen LogP contribution in [0.25, 0.3) is 6.08 Å². The van der Waals surface area contributed by atoms with Crippen LogP contribution in [0.2, 0.25) is 0 Å². The molecule has 7 heteroatoms. The third-order valence-electron chi connectivity index (χ3n) is 6.83. The fraction of sp³-hybridized carbons (Fsp3) is 0.222. The summed E-state index contributed by atoms with van der Waals surface area (Å²) in [6.07, 6.45) is 3.87. The van der Waals surface area contributed by atoms with E-state index in [0.717, 1.165) is 16.8 Å². The summed E-state index contributed by atoms with van der Waals surface area (Å²) in [5.74, 6) is 0.791. The first-order valence-corrected chi connectivity index (χ1v) is 10.9. The predicted octanol–water partition coefficient (Wildman–Crippen LogP) is 5.57. The van der Waals surface area contributed by atoms with Gasteiger partial charge in [0.15, 0.2) is 11.5 Å². The first-order chi connectivity index (χ1) is 16.3. The molecule has 0 fully saturated rings. The minimum atomic E-state index is -0.902. The van der Waals surface area contributed by atoms with Crippen LogP contribution in [0.4, 0.5) is 11.4 Å².